The number of amides is 2. The summed E-state index contributed by atoms with van der Waals surface area (Å²) in [6, 6.07) is 15.7. The molecule has 4 fully saturated rings. The molecule has 9 rings (SSSR count). The summed E-state index contributed by atoms with van der Waals surface area (Å²) in [7, 11) is 0. The summed E-state index contributed by atoms with van der Waals surface area (Å²) >= 11 is 0. The predicted molar refractivity (Wildman–Crippen MR) is 204 cm³/mol. The third-order valence-electron chi connectivity index (χ3n) is 12.7. The molecule has 52 heavy (non-hydrogen) atoms. The summed E-state index contributed by atoms with van der Waals surface area (Å²) < 4.78 is 7.93. The Morgan fingerprint density at radius 2 is 1.75 bits per heavy atom. The second-order valence-electron chi connectivity index (χ2n) is 16.2. The zero-order valence-electron chi connectivity index (χ0n) is 30.8. The molecule has 2 amide bonds. The van der Waals surface area contributed by atoms with E-state index in [2.05, 4.69) is 63.1 Å². The van der Waals surface area contributed by atoms with Crippen LogP contribution in [0.2, 0.25) is 0 Å². The van der Waals surface area contributed by atoms with Gasteiger partial charge in [-0.25, -0.2) is 9.97 Å². The van der Waals surface area contributed by atoms with Crippen LogP contribution in [0, 0.1) is 6.92 Å². The van der Waals surface area contributed by atoms with E-state index in [1.807, 2.05) is 31.5 Å². The quantitative estimate of drug-likeness (QED) is 0.197. The standard InChI is InChI=1S/C42H51N7O3/c1-26(2)48-25-43-36-24-35(46-39(38(36)48)44-30-12-10-27(3)33(21-30)40(50)45-29-8-7-9-29)28-11-13-34-37(20-28)49(41(51)42(34)14-18-52-19-15-42)32-22-31(23-32)47-16-5-4-6-17-47/h10-13,20-21,24-26,29,31-32H,4-9,14-19,22-23H2,1-3H3,(H,44,46)(H,45,50)/t31-,32+. The van der Waals surface area contributed by atoms with Crippen molar-refractivity contribution in [2.45, 2.75) is 115 Å². The molecule has 10 nitrogen and oxygen atoms in total. The fourth-order valence-corrected chi connectivity index (χ4v) is 9.25. The molecule has 2 N–H and O–H groups in total. The number of ether oxygens (including phenoxy) is 1. The van der Waals surface area contributed by atoms with Gasteiger partial charge in [-0.05, 0) is 127 Å². The van der Waals surface area contributed by atoms with E-state index in [0.717, 1.165) is 83.3 Å². The van der Waals surface area contributed by atoms with Crippen LogP contribution in [-0.4, -0.2) is 75.7 Å². The SMILES string of the molecule is Cc1ccc(Nc2nc(-c3ccc4c(c3)N([C@H]3C[C@@H](N5CCCCC5)C3)C(=O)C43CCOCC3)cc3ncn(C(C)C)c23)cc1C(=O)NC1CCC1. The topological polar surface area (TPSA) is 105 Å². The van der Waals surface area contributed by atoms with Gasteiger partial charge < -0.3 is 29.7 Å². The molecule has 2 aliphatic carbocycles. The number of anilines is 3. The van der Waals surface area contributed by atoms with E-state index >= 15 is 0 Å². The summed E-state index contributed by atoms with van der Waals surface area (Å²) in [6.07, 6.45) is 12.5. The molecule has 2 saturated heterocycles. The highest BCUT2D eigenvalue weighted by Crippen LogP contribution is 2.52. The maximum absolute atomic E-state index is 14.6. The average Bonchev–Trinajstić information content (AvgIpc) is 3.65. The lowest BCUT2D eigenvalue weighted by Crippen LogP contribution is -2.57. The van der Waals surface area contributed by atoms with E-state index in [4.69, 9.17) is 14.7 Å². The molecule has 5 heterocycles. The number of imidazole rings is 1. The van der Waals surface area contributed by atoms with E-state index in [1.54, 1.807) is 0 Å². The summed E-state index contributed by atoms with van der Waals surface area (Å²) in [6.45, 7) is 9.84. The zero-order valence-corrected chi connectivity index (χ0v) is 30.8. The largest absolute Gasteiger partial charge is 0.381 e. The van der Waals surface area contributed by atoms with Crippen molar-refractivity contribution in [3.8, 4) is 11.3 Å². The Balaban J connectivity index is 1.08. The van der Waals surface area contributed by atoms with Gasteiger partial charge in [0.25, 0.3) is 5.91 Å². The van der Waals surface area contributed by atoms with Gasteiger partial charge in [-0.15, -0.1) is 0 Å². The first-order valence-electron chi connectivity index (χ1n) is 19.7. The van der Waals surface area contributed by atoms with Gasteiger partial charge in [-0.1, -0.05) is 24.6 Å². The summed E-state index contributed by atoms with van der Waals surface area (Å²) in [5.41, 5.74) is 7.58. The third kappa shape index (κ3) is 5.69. The smallest absolute Gasteiger partial charge is 0.251 e. The number of piperidine rings is 1. The normalized spacial score (nSPS) is 23.2. The second kappa shape index (κ2) is 13.3. The molecular formula is C42H51N7O3. The number of likely N-dealkylation sites (tertiary alicyclic amines) is 1. The van der Waals surface area contributed by atoms with Gasteiger partial charge in [0.15, 0.2) is 5.82 Å². The first-order chi connectivity index (χ1) is 25.3. The van der Waals surface area contributed by atoms with Crippen LogP contribution in [0.4, 0.5) is 17.2 Å². The average molecular weight is 702 g/mol. The fourth-order valence-electron chi connectivity index (χ4n) is 9.25. The molecule has 2 aromatic heterocycles. The predicted octanol–water partition coefficient (Wildman–Crippen LogP) is 7.43. The molecule has 4 aromatic rings. The van der Waals surface area contributed by atoms with E-state index in [-0.39, 0.29) is 29.9 Å². The molecule has 3 aliphatic heterocycles. The van der Waals surface area contributed by atoms with E-state index in [1.165, 1.54) is 38.8 Å². The van der Waals surface area contributed by atoms with Crippen LogP contribution in [0.1, 0.15) is 106 Å². The number of nitrogens with one attached hydrogen (secondary N) is 2. The number of carbonyl (C=O) groups is 2. The van der Waals surface area contributed by atoms with Crippen molar-refractivity contribution in [2.24, 2.45) is 0 Å². The molecule has 1 spiro atoms. The Morgan fingerprint density at radius 3 is 2.48 bits per heavy atom. The van der Waals surface area contributed by atoms with Gasteiger partial charge in [0, 0.05) is 59.9 Å². The number of aryl methyl sites for hydroxylation is 1. The molecule has 2 aromatic carbocycles. The number of aromatic nitrogens is 3. The van der Waals surface area contributed by atoms with Crippen molar-refractivity contribution in [3.63, 3.8) is 0 Å². The van der Waals surface area contributed by atoms with Crippen LogP contribution in [0.25, 0.3) is 22.3 Å². The lowest BCUT2D eigenvalue weighted by atomic mass is 9.75. The highest BCUT2D eigenvalue weighted by Gasteiger charge is 2.55. The van der Waals surface area contributed by atoms with Crippen LogP contribution in [0.15, 0.2) is 48.8 Å². The maximum atomic E-state index is 14.6. The van der Waals surface area contributed by atoms with Crippen molar-refractivity contribution in [3.05, 3.63) is 65.5 Å². The molecule has 272 valence electrons. The second-order valence-corrected chi connectivity index (χ2v) is 16.2. The summed E-state index contributed by atoms with van der Waals surface area (Å²) in [5.74, 6) is 0.909. The van der Waals surface area contributed by atoms with Crippen LogP contribution in [-0.2, 0) is 14.9 Å². The first-order valence-corrected chi connectivity index (χ1v) is 19.7. The Hall–Kier alpha value is -4.28. The number of pyridine rings is 1. The monoisotopic (exact) mass is 701 g/mol. The Labute approximate surface area is 306 Å². The zero-order chi connectivity index (χ0) is 35.6. The summed E-state index contributed by atoms with van der Waals surface area (Å²) in [4.78, 5) is 42.8. The number of hydrogen-bond acceptors (Lipinski definition) is 7. The Kier molecular flexibility index (Phi) is 8.57. The minimum absolute atomic E-state index is 0.0295. The number of benzene rings is 2. The number of carbonyl (C=O) groups excluding carboxylic acids is 2. The van der Waals surface area contributed by atoms with E-state index in [9.17, 15) is 9.59 Å². The minimum atomic E-state index is -0.517. The lowest BCUT2D eigenvalue weighted by molar-refractivity contribution is -0.127. The van der Waals surface area contributed by atoms with Crippen LogP contribution in [0.5, 0.6) is 0 Å². The van der Waals surface area contributed by atoms with E-state index < -0.39 is 5.41 Å². The van der Waals surface area contributed by atoms with Gasteiger partial charge in [-0.2, -0.15) is 0 Å². The van der Waals surface area contributed by atoms with Crippen LogP contribution < -0.4 is 15.5 Å². The highest BCUT2D eigenvalue weighted by molar-refractivity contribution is 6.09. The molecule has 5 aliphatic rings. The highest BCUT2D eigenvalue weighted by atomic mass is 16.5. The molecule has 0 bridgehead atoms. The number of fused-ring (bicyclic) bond motifs is 3. The van der Waals surface area contributed by atoms with Gasteiger partial charge in [-0.3, -0.25) is 9.59 Å². The minimum Gasteiger partial charge on any atom is -0.381 e. The van der Waals surface area contributed by atoms with Gasteiger partial charge in [0.2, 0.25) is 5.91 Å². The fraction of sp³-hybridized carbons (Fsp3) is 0.524. The number of hydrogen-bond donors (Lipinski definition) is 2. The van der Waals surface area contributed by atoms with Crippen LogP contribution >= 0.6 is 0 Å². The third-order valence-corrected chi connectivity index (χ3v) is 12.7. The lowest BCUT2D eigenvalue weighted by Gasteiger charge is -2.48. The van der Waals surface area contributed by atoms with Gasteiger partial charge in [0.05, 0.1) is 23.0 Å². The molecular weight excluding hydrogens is 651 g/mol. The number of rotatable bonds is 8. The molecule has 10 heteroatoms. The van der Waals surface area contributed by atoms with Crippen molar-refractivity contribution in [2.75, 3.05) is 36.5 Å². The Bertz CT molecular complexity index is 2020. The van der Waals surface area contributed by atoms with Crippen molar-refractivity contribution in [1.29, 1.82) is 0 Å². The van der Waals surface area contributed by atoms with Crippen molar-refractivity contribution in [1.82, 2.24) is 24.8 Å². The number of nitrogens with zero attached hydrogens (tertiary/aromatic N) is 5. The van der Waals surface area contributed by atoms with Crippen LogP contribution in [0.3, 0.4) is 0 Å². The molecule has 0 radical (unpaired) electrons. The maximum Gasteiger partial charge on any atom is 0.251 e. The van der Waals surface area contributed by atoms with Crippen molar-refractivity contribution >= 4 is 40.0 Å². The summed E-state index contributed by atoms with van der Waals surface area (Å²) in [5, 5.41) is 6.79. The van der Waals surface area contributed by atoms with Crippen molar-refractivity contribution < 1.29 is 14.3 Å². The van der Waals surface area contributed by atoms with E-state index in [0.29, 0.717) is 30.6 Å². The first kappa shape index (κ1) is 33.5. The van der Waals surface area contributed by atoms with Gasteiger partial charge >= 0.3 is 0 Å². The Morgan fingerprint density at radius 1 is 0.962 bits per heavy atom. The molecule has 0 unspecified atom stereocenters. The molecule has 2 saturated carbocycles. The van der Waals surface area contributed by atoms with Gasteiger partial charge in [0.1, 0.15) is 5.52 Å². The molecule has 0 atom stereocenters.